The maximum absolute atomic E-state index is 12.9. The number of aryl methyl sites for hydroxylation is 2. The molecule has 0 aromatic carbocycles. The predicted molar refractivity (Wildman–Crippen MR) is 146 cm³/mol. The number of fused-ring (bicyclic) bond motifs is 2. The van der Waals surface area contributed by atoms with Gasteiger partial charge in [0.25, 0.3) is 0 Å². The number of carbonyl (C=O) groups excluding carboxylic acids is 1. The number of amides is 1. The van der Waals surface area contributed by atoms with Gasteiger partial charge < -0.3 is 15.6 Å². The lowest BCUT2D eigenvalue weighted by Gasteiger charge is -2.42. The van der Waals surface area contributed by atoms with Gasteiger partial charge in [0.05, 0.1) is 11.2 Å². The van der Waals surface area contributed by atoms with Crippen molar-refractivity contribution in [2.24, 2.45) is 5.73 Å². The van der Waals surface area contributed by atoms with Gasteiger partial charge in [-0.25, -0.2) is 9.50 Å². The smallest absolute Gasteiger partial charge is 0.242 e. The van der Waals surface area contributed by atoms with E-state index in [9.17, 15) is 4.79 Å². The first-order chi connectivity index (χ1) is 17.2. The summed E-state index contributed by atoms with van der Waals surface area (Å²) in [5, 5.41) is 5.80. The van der Waals surface area contributed by atoms with Gasteiger partial charge in [-0.05, 0) is 87.0 Å². The first kappa shape index (κ1) is 23.7. The largest absolute Gasteiger partial charge is 0.346 e. The second kappa shape index (κ2) is 8.42. The Morgan fingerprint density at radius 2 is 1.89 bits per heavy atom. The summed E-state index contributed by atoms with van der Waals surface area (Å²) in [7, 11) is 0. The Hall–Kier alpha value is -2.71. The maximum Gasteiger partial charge on any atom is 0.242 e. The van der Waals surface area contributed by atoms with E-state index in [0.717, 1.165) is 56.4 Å². The van der Waals surface area contributed by atoms with Crippen molar-refractivity contribution in [1.82, 2.24) is 24.5 Å². The molecule has 1 aliphatic heterocycles. The second-order valence-electron chi connectivity index (χ2n) is 11.3. The van der Waals surface area contributed by atoms with Gasteiger partial charge in [0.1, 0.15) is 11.2 Å². The van der Waals surface area contributed by atoms with Gasteiger partial charge in [-0.1, -0.05) is 13.8 Å². The predicted octanol–water partition coefficient (Wildman–Crippen LogP) is 5.58. The van der Waals surface area contributed by atoms with E-state index in [1.54, 1.807) is 6.33 Å². The van der Waals surface area contributed by atoms with E-state index >= 15 is 0 Å². The third-order valence-corrected chi connectivity index (χ3v) is 10.1. The average Bonchev–Trinajstić information content (AvgIpc) is 3.54. The van der Waals surface area contributed by atoms with Gasteiger partial charge in [0.15, 0.2) is 5.65 Å². The van der Waals surface area contributed by atoms with Crippen molar-refractivity contribution in [1.29, 1.82) is 0 Å². The van der Waals surface area contributed by atoms with Crippen molar-refractivity contribution in [3.8, 4) is 11.3 Å². The Morgan fingerprint density at radius 1 is 1.17 bits per heavy atom. The van der Waals surface area contributed by atoms with Gasteiger partial charge in [0.2, 0.25) is 5.91 Å². The molecule has 2 aliphatic rings. The topological polar surface area (TPSA) is 92.3 Å². The maximum atomic E-state index is 12.9. The molecule has 0 bridgehead atoms. The number of nitrogens with zero attached hydrogens (tertiary/aromatic N) is 4. The van der Waals surface area contributed by atoms with Gasteiger partial charge in [-0.15, -0.1) is 11.3 Å². The van der Waals surface area contributed by atoms with E-state index in [-0.39, 0.29) is 5.91 Å². The van der Waals surface area contributed by atoms with Crippen LogP contribution in [0.15, 0.2) is 12.5 Å². The van der Waals surface area contributed by atoms with Crippen LogP contribution in [-0.2, 0) is 4.79 Å². The minimum atomic E-state index is -0.587. The molecular weight excluding hydrogens is 468 g/mol. The number of hydrogen-bond donors (Lipinski definition) is 2. The molecule has 3 N–H and O–H groups in total. The SMILES string of the molecule is Cc1c(-c2[nH]c3sc(C4CCN(C(=O)C5(N)CCC5)CC4)c(C)c3c2C(C)C)cn2ncnc2c1C. The number of nitrogens with one attached hydrogen (secondary N) is 1. The van der Waals surface area contributed by atoms with Crippen LogP contribution in [0.2, 0.25) is 0 Å². The standard InChI is InChI=1S/C28H36N6OS/c1-15(2)21-22-18(5)24(19-7-11-33(12-8-19)27(35)28(29)9-6-10-28)36-26(22)32-23(21)20-13-34-25(30-14-31-34)17(4)16(20)3/h13-15,19,32H,6-12,29H2,1-5H3. The van der Waals surface area contributed by atoms with E-state index in [0.29, 0.717) is 11.8 Å². The number of hydrogen-bond acceptors (Lipinski definition) is 5. The molecule has 6 rings (SSSR count). The minimum Gasteiger partial charge on any atom is -0.346 e. The molecule has 4 aromatic rings. The zero-order chi connectivity index (χ0) is 25.4. The lowest BCUT2D eigenvalue weighted by Crippen LogP contribution is -2.60. The zero-order valence-corrected chi connectivity index (χ0v) is 22.8. The number of nitrogens with two attached hydrogens (primary N) is 1. The van der Waals surface area contributed by atoms with Crippen LogP contribution in [0.4, 0.5) is 0 Å². The van der Waals surface area contributed by atoms with E-state index in [1.807, 2.05) is 20.8 Å². The summed E-state index contributed by atoms with van der Waals surface area (Å²) in [6.45, 7) is 12.8. The molecule has 1 saturated carbocycles. The van der Waals surface area contributed by atoms with E-state index in [2.05, 4.69) is 55.9 Å². The van der Waals surface area contributed by atoms with Crippen LogP contribution in [0, 0.1) is 20.8 Å². The number of pyridine rings is 1. The van der Waals surface area contributed by atoms with Crippen LogP contribution < -0.4 is 5.73 Å². The fraction of sp³-hybridized carbons (Fsp3) is 0.536. The number of aromatic nitrogens is 4. The first-order valence-corrected chi connectivity index (χ1v) is 14.0. The third kappa shape index (κ3) is 3.44. The van der Waals surface area contributed by atoms with E-state index < -0.39 is 5.54 Å². The Morgan fingerprint density at radius 3 is 2.53 bits per heavy atom. The fourth-order valence-electron chi connectivity index (χ4n) is 6.31. The molecule has 0 unspecified atom stereocenters. The summed E-state index contributed by atoms with van der Waals surface area (Å²) < 4.78 is 1.89. The molecule has 7 nitrogen and oxygen atoms in total. The van der Waals surface area contributed by atoms with Crippen molar-refractivity contribution < 1.29 is 4.79 Å². The van der Waals surface area contributed by atoms with E-state index in [4.69, 9.17) is 5.73 Å². The highest BCUT2D eigenvalue weighted by Crippen LogP contribution is 2.46. The Labute approximate surface area is 216 Å². The van der Waals surface area contributed by atoms with Crippen molar-refractivity contribution in [2.45, 2.75) is 84.1 Å². The van der Waals surface area contributed by atoms with Crippen LogP contribution >= 0.6 is 11.3 Å². The minimum absolute atomic E-state index is 0.170. The van der Waals surface area contributed by atoms with Gasteiger partial charge in [0, 0.05) is 35.1 Å². The summed E-state index contributed by atoms with van der Waals surface area (Å²) in [6.07, 6.45) is 8.50. The van der Waals surface area contributed by atoms with Gasteiger partial charge >= 0.3 is 0 Å². The van der Waals surface area contributed by atoms with Gasteiger partial charge in [-0.3, -0.25) is 4.79 Å². The lowest BCUT2D eigenvalue weighted by molar-refractivity contribution is -0.141. The van der Waals surface area contributed by atoms with Crippen LogP contribution in [0.3, 0.4) is 0 Å². The van der Waals surface area contributed by atoms with Crippen LogP contribution in [0.25, 0.3) is 27.1 Å². The number of rotatable bonds is 4. The Balaban J connectivity index is 1.34. The average molecular weight is 505 g/mol. The highest BCUT2D eigenvalue weighted by atomic mass is 32.1. The lowest BCUT2D eigenvalue weighted by atomic mass is 9.76. The fourth-order valence-corrected chi connectivity index (χ4v) is 7.71. The number of piperidine rings is 1. The summed E-state index contributed by atoms with van der Waals surface area (Å²) in [5.41, 5.74) is 14.2. The quantitative estimate of drug-likeness (QED) is 0.380. The second-order valence-corrected chi connectivity index (χ2v) is 12.3. The highest BCUT2D eigenvalue weighted by Gasteiger charge is 2.43. The Kier molecular flexibility index (Phi) is 5.53. The number of aromatic amines is 1. The molecule has 5 heterocycles. The van der Waals surface area contributed by atoms with Gasteiger partial charge in [-0.2, -0.15) is 5.10 Å². The highest BCUT2D eigenvalue weighted by molar-refractivity contribution is 7.19. The monoisotopic (exact) mass is 504 g/mol. The van der Waals surface area contributed by atoms with E-state index in [1.165, 1.54) is 43.0 Å². The molecule has 0 spiro atoms. The summed E-state index contributed by atoms with van der Waals surface area (Å²) >= 11 is 1.91. The molecule has 2 fully saturated rings. The number of thiophene rings is 1. The normalized spacial score (nSPS) is 18.5. The number of H-pyrrole nitrogens is 1. The van der Waals surface area contributed by atoms with Crippen molar-refractivity contribution >= 4 is 33.1 Å². The molecule has 8 heteroatoms. The number of likely N-dealkylation sites (tertiary alicyclic amines) is 1. The third-order valence-electron chi connectivity index (χ3n) is 8.76. The molecule has 1 aliphatic carbocycles. The van der Waals surface area contributed by atoms with Crippen LogP contribution in [0.5, 0.6) is 0 Å². The molecule has 4 aromatic heterocycles. The summed E-state index contributed by atoms with van der Waals surface area (Å²) in [6, 6.07) is 0. The molecule has 1 saturated heterocycles. The molecule has 0 radical (unpaired) electrons. The van der Waals surface area contributed by atoms with Crippen LogP contribution in [0.1, 0.15) is 84.9 Å². The Bertz CT molecular complexity index is 1480. The molecule has 0 atom stereocenters. The van der Waals surface area contributed by atoms with Crippen molar-refractivity contribution in [3.05, 3.63) is 39.7 Å². The summed E-state index contributed by atoms with van der Waals surface area (Å²) in [5.74, 6) is 1.04. The first-order valence-electron chi connectivity index (χ1n) is 13.2. The molecule has 190 valence electrons. The van der Waals surface area contributed by atoms with Crippen LogP contribution in [-0.4, -0.2) is 49.0 Å². The molecule has 36 heavy (non-hydrogen) atoms. The summed E-state index contributed by atoms with van der Waals surface area (Å²) in [4.78, 5) is 25.9. The number of carbonyl (C=O) groups is 1. The molecular formula is C28H36N6OS. The zero-order valence-electron chi connectivity index (χ0n) is 21.9. The van der Waals surface area contributed by atoms with Crippen molar-refractivity contribution in [2.75, 3.05) is 13.1 Å². The van der Waals surface area contributed by atoms with Crippen molar-refractivity contribution in [3.63, 3.8) is 0 Å². The molecule has 1 amide bonds.